The minimum absolute atomic E-state index is 0.00787. The van der Waals surface area contributed by atoms with Crippen LogP contribution in [0.5, 0.6) is 0 Å². The molecule has 3 aliphatic rings. The van der Waals surface area contributed by atoms with Gasteiger partial charge in [-0.05, 0) is 18.9 Å². The summed E-state index contributed by atoms with van der Waals surface area (Å²) >= 11 is 0. The van der Waals surface area contributed by atoms with Crippen LogP contribution < -0.4 is 5.63 Å². The monoisotopic (exact) mass is 377 g/mol. The molecule has 2 aliphatic heterocycles. The topological polar surface area (TPSA) is 86.7 Å². The lowest BCUT2D eigenvalue weighted by molar-refractivity contribution is 0.0975. The molecule has 2 heterocycles. The van der Waals surface area contributed by atoms with Gasteiger partial charge in [-0.15, -0.1) is 0 Å². The molecule has 0 saturated carbocycles. The lowest BCUT2D eigenvalue weighted by atomic mass is 9.84. The zero-order valence-electron chi connectivity index (χ0n) is 14.1. The number of hydrogen-bond acceptors (Lipinski definition) is 6. The van der Waals surface area contributed by atoms with Crippen LogP contribution in [0, 0.1) is 0 Å². The van der Waals surface area contributed by atoms with Crippen LogP contribution in [0.2, 0.25) is 0 Å². The quantitative estimate of drug-likeness (QED) is 0.392. The summed E-state index contributed by atoms with van der Waals surface area (Å²) in [4.78, 5) is 37.9. The minimum atomic E-state index is -0.617. The third kappa shape index (κ3) is 2.81. The second kappa shape index (κ2) is 6.94. The van der Waals surface area contributed by atoms with E-state index in [9.17, 15) is 14.4 Å². The van der Waals surface area contributed by atoms with E-state index < -0.39 is 5.63 Å². The first kappa shape index (κ1) is 17.4. The molecule has 1 aliphatic carbocycles. The Morgan fingerprint density at radius 1 is 1.00 bits per heavy atom. The summed E-state index contributed by atoms with van der Waals surface area (Å²) in [6.45, 7) is 0.533. The Balaban J connectivity index is 1.80. The molecule has 133 valence electrons. The molecule has 3 radical (unpaired) electrons. The van der Waals surface area contributed by atoms with Crippen molar-refractivity contribution in [2.75, 3.05) is 6.61 Å². The van der Waals surface area contributed by atoms with Gasteiger partial charge in [-0.2, -0.15) is 0 Å². The van der Waals surface area contributed by atoms with Gasteiger partial charge in [0.05, 0.1) is 11.1 Å². The summed E-state index contributed by atoms with van der Waals surface area (Å²) in [6, 6.07) is 6.55. The van der Waals surface area contributed by atoms with Gasteiger partial charge in [0.2, 0.25) is 10.5 Å². The van der Waals surface area contributed by atoms with Crippen LogP contribution in [0.15, 0.2) is 50.2 Å². The number of hydrogen-bond donors (Lipinski definition) is 0. The normalized spacial score (nSPS) is 13.4. The maximum atomic E-state index is 12.9. The van der Waals surface area contributed by atoms with Crippen LogP contribution in [0.25, 0.3) is 17.6 Å². The molecular weight excluding hydrogens is 364 g/mol. The first-order valence-electron chi connectivity index (χ1n) is 8.35. The van der Waals surface area contributed by atoms with Crippen LogP contribution in [-0.4, -0.2) is 28.7 Å². The SMILES string of the molecule is O=C1c2ccccc2C(=O)c2c1coc1c(C=CCCCO[Si])c(=O)oc2-1. The Morgan fingerprint density at radius 2 is 1.74 bits per heavy atom. The van der Waals surface area contributed by atoms with Gasteiger partial charge in [-0.1, -0.05) is 30.3 Å². The molecule has 4 rings (SSSR count). The van der Waals surface area contributed by atoms with E-state index in [0.29, 0.717) is 18.6 Å². The van der Waals surface area contributed by atoms with Crippen molar-refractivity contribution in [1.29, 1.82) is 0 Å². The van der Waals surface area contributed by atoms with E-state index in [-0.39, 0.29) is 45.3 Å². The van der Waals surface area contributed by atoms with E-state index in [2.05, 4.69) is 10.5 Å². The molecule has 1 aromatic rings. The second-order valence-electron chi connectivity index (χ2n) is 6.08. The van der Waals surface area contributed by atoms with Gasteiger partial charge in [0.15, 0.2) is 23.1 Å². The molecule has 1 aromatic carbocycles. The van der Waals surface area contributed by atoms with Crippen molar-refractivity contribution >= 4 is 28.1 Å². The van der Waals surface area contributed by atoms with E-state index in [1.807, 2.05) is 0 Å². The Kier molecular flexibility index (Phi) is 4.47. The third-order valence-corrected chi connectivity index (χ3v) is 4.65. The molecule has 0 saturated heterocycles. The zero-order valence-corrected chi connectivity index (χ0v) is 15.1. The predicted molar refractivity (Wildman–Crippen MR) is 97.1 cm³/mol. The average Bonchev–Trinajstić information content (AvgIpc) is 3.00. The molecular formula is C20H13O6Si. The second-order valence-corrected chi connectivity index (χ2v) is 6.37. The van der Waals surface area contributed by atoms with Crippen molar-refractivity contribution in [3.8, 4) is 11.5 Å². The maximum Gasteiger partial charge on any atom is 0.347 e. The fraction of sp³-hybridized carbons (Fsp3) is 0.150. The zero-order chi connectivity index (χ0) is 19.0. The fourth-order valence-electron chi connectivity index (χ4n) is 3.16. The molecule has 27 heavy (non-hydrogen) atoms. The molecule has 7 heteroatoms. The fourth-order valence-corrected chi connectivity index (χ4v) is 3.30. The van der Waals surface area contributed by atoms with Crippen molar-refractivity contribution in [1.82, 2.24) is 0 Å². The van der Waals surface area contributed by atoms with Gasteiger partial charge in [0, 0.05) is 17.7 Å². The van der Waals surface area contributed by atoms with Crippen LogP contribution in [0.4, 0.5) is 0 Å². The molecule has 0 fully saturated rings. The van der Waals surface area contributed by atoms with Crippen molar-refractivity contribution in [3.63, 3.8) is 0 Å². The highest BCUT2D eigenvalue weighted by atomic mass is 28.2. The van der Waals surface area contributed by atoms with Gasteiger partial charge in [0.1, 0.15) is 11.8 Å². The Labute approximate surface area is 157 Å². The summed E-state index contributed by atoms with van der Waals surface area (Å²) in [5, 5.41) is 0. The number of carbonyl (C=O) groups is 2. The highest BCUT2D eigenvalue weighted by Gasteiger charge is 2.37. The number of carbonyl (C=O) groups excluding carboxylic acids is 2. The first-order valence-corrected chi connectivity index (χ1v) is 8.76. The van der Waals surface area contributed by atoms with Gasteiger partial charge in [-0.3, -0.25) is 9.59 Å². The molecule has 0 amide bonds. The summed E-state index contributed by atoms with van der Waals surface area (Å²) in [5.41, 5.74) is 0.374. The molecule has 0 aromatic heterocycles. The van der Waals surface area contributed by atoms with Crippen LogP contribution in [-0.2, 0) is 4.43 Å². The van der Waals surface area contributed by atoms with Gasteiger partial charge >= 0.3 is 5.63 Å². The van der Waals surface area contributed by atoms with E-state index in [0.717, 1.165) is 6.42 Å². The van der Waals surface area contributed by atoms with Crippen LogP contribution in [0.3, 0.4) is 0 Å². The van der Waals surface area contributed by atoms with Crippen molar-refractivity contribution in [3.05, 3.63) is 74.8 Å². The number of fused-ring (bicyclic) bond motifs is 4. The van der Waals surface area contributed by atoms with E-state index in [4.69, 9.17) is 13.3 Å². The van der Waals surface area contributed by atoms with E-state index in [1.54, 1.807) is 36.4 Å². The summed E-state index contributed by atoms with van der Waals surface area (Å²) < 4.78 is 15.6. The molecule has 0 atom stereocenters. The summed E-state index contributed by atoms with van der Waals surface area (Å²) in [5.74, 6) is -0.527. The number of furan rings is 1. The van der Waals surface area contributed by atoms with Crippen LogP contribution >= 0.6 is 0 Å². The van der Waals surface area contributed by atoms with Crippen molar-refractivity contribution in [2.24, 2.45) is 0 Å². The van der Waals surface area contributed by atoms with Gasteiger partial charge in [-0.25, -0.2) is 4.79 Å². The third-order valence-electron chi connectivity index (χ3n) is 4.45. The lowest BCUT2D eigenvalue weighted by Crippen LogP contribution is -2.21. The van der Waals surface area contributed by atoms with Gasteiger partial charge < -0.3 is 13.3 Å². The molecule has 0 bridgehead atoms. The highest BCUT2D eigenvalue weighted by molar-refractivity contribution is 6.29. The number of unbranched alkanes of at least 4 members (excludes halogenated alkanes) is 1. The average molecular weight is 377 g/mol. The largest absolute Gasteiger partial charge is 0.459 e. The van der Waals surface area contributed by atoms with Gasteiger partial charge in [0.25, 0.3) is 0 Å². The number of rotatable bonds is 5. The van der Waals surface area contributed by atoms with E-state index in [1.165, 1.54) is 6.26 Å². The Hall–Kier alpha value is -3.03. The number of ketones is 2. The van der Waals surface area contributed by atoms with Crippen LogP contribution in [0.1, 0.15) is 50.2 Å². The number of allylic oxidation sites excluding steroid dienone is 1. The lowest BCUT2D eigenvalue weighted by Gasteiger charge is -2.17. The standard InChI is InChI=1S/C20H13O6Si/c21-16-11-6-3-4-7-12(11)17(22)15-14(16)10-24-18-13(20(23)26-19(15)18)8-2-1-5-9-25-27/h2-4,6-8,10H,1,5,9H2. The van der Waals surface area contributed by atoms with Crippen molar-refractivity contribution in [2.45, 2.75) is 12.8 Å². The smallest absolute Gasteiger partial charge is 0.347 e. The van der Waals surface area contributed by atoms with E-state index >= 15 is 0 Å². The maximum absolute atomic E-state index is 12.9. The predicted octanol–water partition coefficient (Wildman–Crippen LogP) is 3.01. The molecule has 0 unspecified atom stereocenters. The Bertz CT molecular complexity index is 1100. The summed E-state index contributed by atoms with van der Waals surface area (Å²) in [6.07, 6.45) is 6.07. The Morgan fingerprint density at radius 3 is 2.48 bits per heavy atom. The number of benzene rings is 1. The first-order chi connectivity index (χ1) is 13.1. The summed E-state index contributed by atoms with van der Waals surface area (Å²) in [7, 11) is 2.92. The highest BCUT2D eigenvalue weighted by Crippen LogP contribution is 2.37. The molecule has 0 spiro atoms. The minimum Gasteiger partial charge on any atom is -0.459 e. The molecule has 6 nitrogen and oxygen atoms in total. The molecule has 0 N–H and O–H groups in total. The van der Waals surface area contributed by atoms with Crippen molar-refractivity contribution < 1.29 is 22.8 Å².